The zero-order valence-corrected chi connectivity index (χ0v) is 8.64. The van der Waals surface area contributed by atoms with Crippen LogP contribution in [0.15, 0.2) is 17.0 Å². The Labute approximate surface area is 85.9 Å². The number of sulfonamides is 1. The highest BCUT2D eigenvalue weighted by atomic mass is 32.2. The van der Waals surface area contributed by atoms with Crippen LogP contribution in [0, 0.1) is 12.7 Å². The number of primary sulfonamides is 1. The number of carbonyl (C=O) groups excluding carboxylic acids is 1. The molecule has 0 bridgehead atoms. The molecule has 0 aromatic heterocycles. The summed E-state index contributed by atoms with van der Waals surface area (Å²) in [5.74, 6) is -1.76. The van der Waals surface area contributed by atoms with Crippen LogP contribution in [0.3, 0.4) is 0 Å². The molecule has 0 saturated carbocycles. The summed E-state index contributed by atoms with van der Waals surface area (Å²) in [7, 11) is -4.06. The lowest BCUT2D eigenvalue weighted by atomic mass is 10.1. The summed E-state index contributed by atoms with van der Waals surface area (Å²) < 4.78 is 35.3. The van der Waals surface area contributed by atoms with Crippen LogP contribution in [0.1, 0.15) is 15.9 Å². The van der Waals surface area contributed by atoms with Gasteiger partial charge in [-0.05, 0) is 19.1 Å². The summed E-state index contributed by atoms with van der Waals surface area (Å²) >= 11 is 0. The van der Waals surface area contributed by atoms with E-state index in [1.165, 1.54) is 6.92 Å². The standard InChI is InChI=1S/C8H9FN2O3S/c1-4-6(9)2-5(8(10)12)3-7(4)15(11,13)14/h2-3H,1H3,(H2,10,12)(H2,11,13,14). The van der Waals surface area contributed by atoms with Gasteiger partial charge in [-0.3, -0.25) is 4.79 Å². The molecule has 0 unspecified atom stereocenters. The van der Waals surface area contributed by atoms with Crippen molar-refractivity contribution in [3.05, 3.63) is 29.1 Å². The fourth-order valence-electron chi connectivity index (χ4n) is 1.09. The van der Waals surface area contributed by atoms with E-state index in [4.69, 9.17) is 10.9 Å². The summed E-state index contributed by atoms with van der Waals surface area (Å²) in [6, 6.07) is 1.82. The van der Waals surface area contributed by atoms with E-state index >= 15 is 0 Å². The Kier molecular flexibility index (Phi) is 2.78. The normalized spacial score (nSPS) is 11.4. The van der Waals surface area contributed by atoms with Crippen molar-refractivity contribution in [2.75, 3.05) is 0 Å². The maximum Gasteiger partial charge on any atom is 0.248 e. The summed E-state index contributed by atoms with van der Waals surface area (Å²) in [4.78, 5) is 10.3. The van der Waals surface area contributed by atoms with Crippen LogP contribution in [0.2, 0.25) is 0 Å². The van der Waals surface area contributed by atoms with Crippen molar-refractivity contribution in [3.8, 4) is 0 Å². The van der Waals surface area contributed by atoms with E-state index in [9.17, 15) is 17.6 Å². The van der Waals surface area contributed by atoms with Gasteiger partial charge in [0, 0.05) is 11.1 Å². The van der Waals surface area contributed by atoms with Crippen LogP contribution in [-0.2, 0) is 10.0 Å². The van der Waals surface area contributed by atoms with Gasteiger partial charge in [0.15, 0.2) is 0 Å². The van der Waals surface area contributed by atoms with Crippen molar-refractivity contribution < 1.29 is 17.6 Å². The maximum atomic E-state index is 13.2. The van der Waals surface area contributed by atoms with E-state index < -0.39 is 26.6 Å². The molecule has 0 atom stereocenters. The highest BCUT2D eigenvalue weighted by Gasteiger charge is 2.17. The number of benzene rings is 1. The molecule has 5 nitrogen and oxygen atoms in total. The molecular weight excluding hydrogens is 223 g/mol. The molecule has 0 aliphatic carbocycles. The molecule has 0 aliphatic heterocycles. The van der Waals surface area contributed by atoms with Gasteiger partial charge in [-0.2, -0.15) is 0 Å². The molecular formula is C8H9FN2O3S. The monoisotopic (exact) mass is 232 g/mol. The van der Waals surface area contributed by atoms with Crippen LogP contribution >= 0.6 is 0 Å². The Bertz CT molecular complexity index is 525. The molecule has 4 N–H and O–H groups in total. The number of hydrogen-bond donors (Lipinski definition) is 2. The lowest BCUT2D eigenvalue weighted by Crippen LogP contribution is -2.18. The van der Waals surface area contributed by atoms with Gasteiger partial charge in [0.25, 0.3) is 0 Å². The average Bonchev–Trinajstić information content (AvgIpc) is 2.06. The Balaban J connectivity index is 3.59. The van der Waals surface area contributed by atoms with E-state index in [0.717, 1.165) is 12.1 Å². The molecule has 7 heteroatoms. The first-order valence-electron chi connectivity index (χ1n) is 3.86. The Hall–Kier alpha value is -1.47. The van der Waals surface area contributed by atoms with E-state index in [1.54, 1.807) is 0 Å². The number of halogens is 1. The number of nitrogens with two attached hydrogens (primary N) is 2. The predicted molar refractivity (Wildman–Crippen MR) is 51.0 cm³/mol. The first kappa shape index (κ1) is 11.6. The minimum atomic E-state index is -4.06. The Morgan fingerprint density at radius 2 is 1.93 bits per heavy atom. The molecule has 1 rings (SSSR count). The maximum absolute atomic E-state index is 13.2. The first-order valence-corrected chi connectivity index (χ1v) is 5.41. The molecule has 0 heterocycles. The number of carbonyl (C=O) groups is 1. The van der Waals surface area contributed by atoms with Crippen LogP contribution in [-0.4, -0.2) is 14.3 Å². The Morgan fingerprint density at radius 3 is 2.33 bits per heavy atom. The zero-order valence-electron chi connectivity index (χ0n) is 7.82. The fraction of sp³-hybridized carbons (Fsp3) is 0.125. The second kappa shape index (κ2) is 3.59. The quantitative estimate of drug-likeness (QED) is 0.742. The van der Waals surface area contributed by atoms with E-state index in [-0.39, 0.29) is 11.1 Å². The van der Waals surface area contributed by atoms with Crippen molar-refractivity contribution in [1.82, 2.24) is 0 Å². The fourth-order valence-corrected chi connectivity index (χ4v) is 1.91. The topological polar surface area (TPSA) is 103 Å². The highest BCUT2D eigenvalue weighted by molar-refractivity contribution is 7.89. The van der Waals surface area contributed by atoms with Crippen LogP contribution in [0.25, 0.3) is 0 Å². The van der Waals surface area contributed by atoms with Gasteiger partial charge in [-0.25, -0.2) is 17.9 Å². The van der Waals surface area contributed by atoms with Crippen molar-refractivity contribution in [1.29, 1.82) is 0 Å². The number of primary amides is 1. The van der Waals surface area contributed by atoms with E-state index in [0.29, 0.717) is 0 Å². The van der Waals surface area contributed by atoms with Crippen LogP contribution in [0.5, 0.6) is 0 Å². The smallest absolute Gasteiger partial charge is 0.248 e. The number of amides is 1. The summed E-state index contributed by atoms with van der Waals surface area (Å²) in [6.45, 7) is 1.25. The minimum absolute atomic E-state index is 0.137. The molecule has 82 valence electrons. The lowest BCUT2D eigenvalue weighted by Gasteiger charge is -2.06. The van der Waals surface area contributed by atoms with Crippen molar-refractivity contribution >= 4 is 15.9 Å². The van der Waals surface area contributed by atoms with Crippen LogP contribution in [0.4, 0.5) is 4.39 Å². The highest BCUT2D eigenvalue weighted by Crippen LogP contribution is 2.19. The zero-order chi connectivity index (χ0) is 11.8. The van der Waals surface area contributed by atoms with E-state index in [2.05, 4.69) is 0 Å². The summed E-state index contributed by atoms with van der Waals surface area (Å²) in [5.41, 5.74) is 4.53. The molecule has 1 amide bonds. The Morgan fingerprint density at radius 1 is 1.40 bits per heavy atom. The molecule has 1 aromatic rings. The molecule has 0 aliphatic rings. The number of hydrogen-bond acceptors (Lipinski definition) is 3. The minimum Gasteiger partial charge on any atom is -0.366 e. The van der Waals surface area contributed by atoms with E-state index in [1.807, 2.05) is 0 Å². The van der Waals surface area contributed by atoms with Crippen molar-refractivity contribution in [2.24, 2.45) is 10.9 Å². The SMILES string of the molecule is Cc1c(F)cc(C(N)=O)cc1S(N)(=O)=O. The average molecular weight is 232 g/mol. The molecule has 0 fully saturated rings. The van der Waals surface area contributed by atoms with Gasteiger partial charge in [0.2, 0.25) is 15.9 Å². The van der Waals surface area contributed by atoms with Crippen LogP contribution < -0.4 is 10.9 Å². The van der Waals surface area contributed by atoms with Gasteiger partial charge >= 0.3 is 0 Å². The van der Waals surface area contributed by atoms with Gasteiger partial charge in [-0.15, -0.1) is 0 Å². The molecule has 0 saturated heterocycles. The second-order valence-corrected chi connectivity index (χ2v) is 4.52. The van der Waals surface area contributed by atoms with Gasteiger partial charge < -0.3 is 5.73 Å². The molecule has 0 radical (unpaired) electrons. The van der Waals surface area contributed by atoms with Gasteiger partial charge in [0.05, 0.1) is 4.90 Å². The number of rotatable bonds is 2. The van der Waals surface area contributed by atoms with Crippen molar-refractivity contribution in [2.45, 2.75) is 11.8 Å². The lowest BCUT2D eigenvalue weighted by molar-refractivity contribution is 0.0999. The third kappa shape index (κ3) is 2.31. The molecule has 15 heavy (non-hydrogen) atoms. The van der Waals surface area contributed by atoms with Gasteiger partial charge in [0.1, 0.15) is 5.82 Å². The first-order chi connectivity index (χ1) is 6.73. The third-order valence-electron chi connectivity index (χ3n) is 1.89. The molecule has 1 aromatic carbocycles. The largest absolute Gasteiger partial charge is 0.366 e. The second-order valence-electron chi connectivity index (χ2n) is 2.99. The van der Waals surface area contributed by atoms with Crippen molar-refractivity contribution in [3.63, 3.8) is 0 Å². The third-order valence-corrected chi connectivity index (χ3v) is 2.92. The van der Waals surface area contributed by atoms with Gasteiger partial charge in [-0.1, -0.05) is 0 Å². The summed E-state index contributed by atoms with van der Waals surface area (Å²) in [6.07, 6.45) is 0. The predicted octanol–water partition coefficient (Wildman–Crippen LogP) is -0.120. The summed E-state index contributed by atoms with van der Waals surface area (Å²) in [5, 5.41) is 4.85. The molecule has 0 spiro atoms.